The Balaban J connectivity index is 0.00000288. The number of nitrogens with zero attached hydrogens (tertiary/aromatic N) is 1. The van der Waals surface area contributed by atoms with Crippen LogP contribution in [0.4, 0.5) is 0 Å². The van der Waals surface area contributed by atoms with Crippen molar-refractivity contribution in [2.45, 2.75) is 33.7 Å². The van der Waals surface area contributed by atoms with Crippen LogP contribution in [0.25, 0.3) is 0 Å². The highest BCUT2D eigenvalue weighted by Gasteiger charge is 2.32. The third kappa shape index (κ3) is 5.10. The molecule has 1 saturated heterocycles. The van der Waals surface area contributed by atoms with E-state index in [0.29, 0.717) is 0 Å². The molecule has 0 radical (unpaired) electrons. The van der Waals surface area contributed by atoms with Crippen LogP contribution in [0, 0.1) is 19.3 Å². The summed E-state index contributed by atoms with van der Waals surface area (Å²) in [5, 5.41) is 0. The van der Waals surface area contributed by atoms with Gasteiger partial charge in [0.2, 0.25) is 0 Å². The van der Waals surface area contributed by atoms with Crippen molar-refractivity contribution in [3.8, 4) is 5.75 Å². The van der Waals surface area contributed by atoms with Crippen molar-refractivity contribution >= 4 is 18.4 Å². The van der Waals surface area contributed by atoms with Crippen LogP contribution in [0.15, 0.2) is 12.1 Å². The quantitative estimate of drug-likeness (QED) is 0.793. The number of carbonyl (C=O) groups excluding carboxylic acids is 1. The summed E-state index contributed by atoms with van der Waals surface area (Å²) < 4.78 is 10.2. The molecule has 2 rings (SSSR count). The molecule has 1 heterocycles. The van der Waals surface area contributed by atoms with Crippen molar-refractivity contribution in [2.24, 2.45) is 11.1 Å². The first-order valence-electron chi connectivity index (χ1n) is 8.09. The van der Waals surface area contributed by atoms with Crippen LogP contribution >= 0.6 is 12.4 Å². The summed E-state index contributed by atoms with van der Waals surface area (Å²) in [7, 11) is 1.36. The normalized spacial score (nSPS) is 20.5. The number of halogens is 1. The van der Waals surface area contributed by atoms with Gasteiger partial charge in [-0.1, -0.05) is 19.1 Å². The second-order valence-corrected chi connectivity index (χ2v) is 6.90. The fourth-order valence-corrected chi connectivity index (χ4v) is 3.23. The first-order chi connectivity index (χ1) is 10.9. The molecule has 1 aromatic rings. The number of likely N-dealkylation sites (tertiary alicyclic amines) is 1. The van der Waals surface area contributed by atoms with Crippen LogP contribution in [0.3, 0.4) is 0 Å². The largest absolute Gasteiger partial charge is 0.481 e. The van der Waals surface area contributed by atoms with Gasteiger partial charge < -0.3 is 15.2 Å². The molecule has 2 N–H and O–H groups in total. The molecule has 6 heteroatoms. The molecule has 0 amide bonds. The summed E-state index contributed by atoms with van der Waals surface area (Å²) in [5.74, 6) is 0.401. The van der Waals surface area contributed by atoms with Gasteiger partial charge in [0, 0.05) is 13.1 Å². The average Bonchev–Trinajstić information content (AvgIpc) is 2.88. The highest BCUT2D eigenvalue weighted by atomic mass is 35.5. The zero-order chi connectivity index (χ0) is 17.0. The van der Waals surface area contributed by atoms with Gasteiger partial charge in [0.25, 0.3) is 0 Å². The lowest BCUT2D eigenvalue weighted by Gasteiger charge is -2.23. The number of hydrogen-bond acceptors (Lipinski definition) is 5. The minimum atomic E-state index is -0.369. The number of hydrogen-bond donors (Lipinski definition) is 1. The van der Waals surface area contributed by atoms with Crippen LogP contribution in [0.1, 0.15) is 30.0 Å². The molecule has 0 spiro atoms. The van der Waals surface area contributed by atoms with E-state index in [2.05, 4.69) is 28.7 Å². The van der Waals surface area contributed by atoms with Gasteiger partial charge in [-0.05, 0) is 55.5 Å². The summed E-state index contributed by atoms with van der Waals surface area (Å²) in [4.78, 5) is 13.7. The number of rotatable bonds is 6. The van der Waals surface area contributed by atoms with E-state index < -0.39 is 0 Å². The van der Waals surface area contributed by atoms with Crippen molar-refractivity contribution in [1.82, 2.24) is 4.90 Å². The molecule has 1 atom stereocenters. The topological polar surface area (TPSA) is 64.8 Å². The Kier molecular flexibility index (Phi) is 7.52. The van der Waals surface area contributed by atoms with Crippen molar-refractivity contribution in [1.29, 1.82) is 0 Å². The Bertz CT molecular complexity index is 556. The second kappa shape index (κ2) is 8.70. The molecule has 136 valence electrons. The zero-order valence-electron chi connectivity index (χ0n) is 15.1. The van der Waals surface area contributed by atoms with Gasteiger partial charge in [-0.3, -0.25) is 4.90 Å². The van der Waals surface area contributed by atoms with Gasteiger partial charge in [0.15, 0.2) is 6.61 Å². The van der Waals surface area contributed by atoms with Gasteiger partial charge in [0.1, 0.15) is 5.75 Å². The number of nitrogens with two attached hydrogens (primary N) is 1. The predicted molar refractivity (Wildman–Crippen MR) is 97.7 cm³/mol. The first kappa shape index (κ1) is 20.7. The smallest absolute Gasteiger partial charge is 0.343 e. The fraction of sp³-hybridized carbons (Fsp3) is 0.611. The molecular weight excluding hydrogens is 328 g/mol. The summed E-state index contributed by atoms with van der Waals surface area (Å²) in [6, 6.07) is 4.27. The number of benzene rings is 1. The monoisotopic (exact) mass is 356 g/mol. The lowest BCUT2D eigenvalue weighted by Crippen LogP contribution is -2.31. The van der Waals surface area contributed by atoms with E-state index in [0.717, 1.165) is 49.5 Å². The Hall–Kier alpha value is -1.30. The molecule has 0 aromatic heterocycles. The van der Waals surface area contributed by atoms with Crippen LogP contribution in [-0.4, -0.2) is 44.2 Å². The molecule has 1 unspecified atom stereocenters. The molecule has 1 fully saturated rings. The van der Waals surface area contributed by atoms with Crippen molar-refractivity contribution in [3.05, 3.63) is 28.8 Å². The number of aryl methyl sites for hydroxylation is 2. The summed E-state index contributed by atoms with van der Waals surface area (Å²) in [6.45, 7) is 10.0. The number of esters is 1. The summed E-state index contributed by atoms with van der Waals surface area (Å²) in [6.07, 6.45) is 1.15. The lowest BCUT2D eigenvalue weighted by atomic mass is 9.90. The molecule has 1 aliphatic rings. The Morgan fingerprint density at radius 2 is 1.96 bits per heavy atom. The maximum absolute atomic E-state index is 11.2. The van der Waals surface area contributed by atoms with Crippen molar-refractivity contribution < 1.29 is 14.3 Å². The minimum Gasteiger partial charge on any atom is -0.481 e. The van der Waals surface area contributed by atoms with Crippen molar-refractivity contribution in [3.63, 3.8) is 0 Å². The maximum Gasteiger partial charge on any atom is 0.343 e. The van der Waals surface area contributed by atoms with E-state index in [9.17, 15) is 4.79 Å². The molecule has 1 aliphatic heterocycles. The lowest BCUT2D eigenvalue weighted by molar-refractivity contribution is -0.142. The minimum absolute atomic E-state index is 0. The van der Waals surface area contributed by atoms with Gasteiger partial charge in [-0.2, -0.15) is 0 Å². The number of ether oxygens (including phenoxy) is 2. The molecule has 0 bridgehead atoms. The standard InChI is InChI=1S/C18H28N2O3.ClH/c1-13-7-15(9-20-6-5-18(3,11-19)12-20)8-14(2)17(13)23-10-16(21)22-4;/h7-8H,5-6,9-12,19H2,1-4H3;1H. The highest BCUT2D eigenvalue weighted by molar-refractivity contribution is 5.85. The highest BCUT2D eigenvalue weighted by Crippen LogP contribution is 2.31. The SMILES string of the molecule is COC(=O)COc1c(C)cc(CN2CCC(C)(CN)C2)cc1C.Cl. The molecular formula is C18H29ClN2O3. The van der Waals surface area contributed by atoms with Crippen molar-refractivity contribution in [2.75, 3.05) is 33.4 Å². The van der Waals surface area contributed by atoms with E-state index in [1.807, 2.05) is 13.8 Å². The van der Waals surface area contributed by atoms with Gasteiger partial charge in [0.05, 0.1) is 7.11 Å². The Labute approximate surface area is 150 Å². The summed E-state index contributed by atoms with van der Waals surface area (Å²) in [5.41, 5.74) is 9.49. The van der Waals surface area contributed by atoms with E-state index in [-0.39, 0.29) is 30.4 Å². The van der Waals surface area contributed by atoms with E-state index >= 15 is 0 Å². The van der Waals surface area contributed by atoms with E-state index in [1.54, 1.807) is 0 Å². The first-order valence-corrected chi connectivity index (χ1v) is 8.09. The molecule has 0 aliphatic carbocycles. The van der Waals surface area contributed by atoms with Gasteiger partial charge >= 0.3 is 5.97 Å². The second-order valence-electron chi connectivity index (χ2n) is 6.90. The van der Waals surface area contributed by atoms with Crippen LogP contribution in [0.2, 0.25) is 0 Å². The maximum atomic E-state index is 11.2. The number of carbonyl (C=O) groups is 1. The van der Waals surface area contributed by atoms with Gasteiger partial charge in [-0.25, -0.2) is 4.79 Å². The predicted octanol–water partition coefficient (Wildman–Crippen LogP) is 2.45. The Morgan fingerprint density at radius 3 is 2.46 bits per heavy atom. The van der Waals surface area contributed by atoms with Crippen LogP contribution < -0.4 is 10.5 Å². The van der Waals surface area contributed by atoms with Crippen LogP contribution in [-0.2, 0) is 16.1 Å². The Morgan fingerprint density at radius 1 is 1.33 bits per heavy atom. The third-order valence-electron chi connectivity index (χ3n) is 4.62. The number of methoxy groups -OCH3 is 1. The summed E-state index contributed by atoms with van der Waals surface area (Å²) >= 11 is 0. The molecule has 24 heavy (non-hydrogen) atoms. The molecule has 5 nitrogen and oxygen atoms in total. The molecule has 1 aromatic carbocycles. The van der Waals surface area contributed by atoms with Crippen LogP contribution in [0.5, 0.6) is 5.75 Å². The fourth-order valence-electron chi connectivity index (χ4n) is 3.23. The zero-order valence-corrected chi connectivity index (χ0v) is 15.9. The molecule has 0 saturated carbocycles. The van der Waals surface area contributed by atoms with Gasteiger partial charge in [-0.15, -0.1) is 12.4 Å². The average molecular weight is 357 g/mol. The van der Waals surface area contributed by atoms with E-state index in [1.165, 1.54) is 12.7 Å². The van der Waals surface area contributed by atoms with E-state index in [4.69, 9.17) is 10.5 Å². The third-order valence-corrected chi connectivity index (χ3v) is 4.62.